The number of rotatable bonds is 13. The fourth-order valence-electron chi connectivity index (χ4n) is 16.7. The second-order valence-electron chi connectivity index (χ2n) is 35.7. The largest absolute Gasteiger partial charge is 2.00 e. The molecule has 2 aliphatic heterocycles. The third kappa shape index (κ3) is 23.6. The van der Waals surface area contributed by atoms with E-state index in [2.05, 4.69) is 201 Å². The summed E-state index contributed by atoms with van der Waals surface area (Å²) in [4.78, 5) is 48.2. The molecule has 0 saturated carbocycles. The maximum Gasteiger partial charge on any atom is 2.00 e. The van der Waals surface area contributed by atoms with Gasteiger partial charge in [0.1, 0.15) is 23.0 Å². The Hall–Kier alpha value is -14.5. The van der Waals surface area contributed by atoms with E-state index in [-0.39, 0.29) is 133 Å². The molecule has 0 spiro atoms. The van der Waals surface area contributed by atoms with Crippen LogP contribution in [0.25, 0.3) is 135 Å². The molecule has 21 heteroatoms. The molecule has 5 N–H and O–H groups in total. The number of aliphatic hydroxyl groups is 1. The molecule has 7 aromatic heterocycles. The fourth-order valence-corrected chi connectivity index (χ4v) is 16.7. The van der Waals surface area contributed by atoms with Gasteiger partial charge in [-0.2, -0.15) is 0 Å². The molecule has 18 aromatic rings. The summed E-state index contributed by atoms with van der Waals surface area (Å²) in [7, 11) is 0. The molecule has 0 bridgehead atoms. The maximum atomic E-state index is 10.5. The minimum Gasteiger partial charge on any atom is -0.512 e. The number of nitrogens with zero attached hydrogens (tertiary/aromatic N) is 11. The number of pyridine rings is 7. The molecule has 0 atom stereocenters. The summed E-state index contributed by atoms with van der Waals surface area (Å²) in [6, 6.07) is 124. The molecule has 0 fully saturated rings. The predicted molar refractivity (Wildman–Crippen MR) is 551 cm³/mol. The molecule has 11 aromatic carbocycles. The predicted octanol–water partition coefficient (Wildman–Crippen LogP) is 29.9. The number of fused-ring (bicyclic) bond motifs is 6. The average Bonchev–Trinajstić information content (AvgIpc) is 1.57. The van der Waals surface area contributed by atoms with Crippen LogP contribution in [-0.2, 0) is 104 Å². The summed E-state index contributed by atoms with van der Waals surface area (Å²) >= 11 is 0. The number of phenolic OH excluding ortho intramolecular Hbond substituents is 4. The zero-order chi connectivity index (χ0) is 94.8. The summed E-state index contributed by atoms with van der Waals surface area (Å²) in [6.45, 7) is 20.4. The standard InChI is InChI=1S/C38H26N6.C30H32N2O2.C24H18N.C22H16N2O2.C5H8O2.Ir.Pd.2Pt/c1-3-15-29(16-4-1)43-35-23-9-7-19-33(35)41-37(43)25-27-13-11-21-31(39-27)32-22-12-14-28(40-32)26-38-42-34-20-8-10-24-36(34)44(38)30-17-5-2-6-18-30;1-29(2,3)19-15-23(21-11-7-9-13-27(21)33)31-25(17-19)26-18-20(30(4,5)6)16-24(32-26)22-12-8-10-14-28(22)34;1-24(2)21-10-6-5-9-19(21)20-12-11-17(15-22(20)24)23-18-8-4-3-7-16(18)13-14-25-23;25-21-13-3-1-7-15(21)17-9-5-11-19(23-17)20-12-6-10-18(24-20)16-8-2-4-14-22(16)26;1-4(6)3-5(2)7;;;;/h1-26H;7-18,33-34H,1-6H3;3-10,12-15H,1-2H3;1-14,25-26H;3,6H,1-2H3;;;;/q-2;;-1;;;;;;+2. The van der Waals surface area contributed by atoms with E-state index in [1.807, 2.05) is 225 Å². The smallest absolute Gasteiger partial charge is 0.512 e. The van der Waals surface area contributed by atoms with Crippen LogP contribution in [0.1, 0.15) is 103 Å². The molecular weight excluding hydrogens is 2370 g/mol. The Morgan fingerprint density at radius 3 is 1.16 bits per heavy atom. The number of benzene rings is 11. The van der Waals surface area contributed by atoms with E-state index in [1.54, 1.807) is 48.5 Å². The van der Waals surface area contributed by atoms with Crippen molar-refractivity contribution in [2.45, 2.75) is 85.5 Å². The number of carbonyl (C=O) groups excluding carboxylic acids is 1. The number of carbonyl (C=O) groups is 1. The van der Waals surface area contributed by atoms with Gasteiger partial charge >= 0.3 is 21.1 Å². The second-order valence-corrected chi connectivity index (χ2v) is 35.7. The summed E-state index contributed by atoms with van der Waals surface area (Å²) in [5.74, 6) is 2.33. The minimum atomic E-state index is -0.126. The second kappa shape index (κ2) is 45.4. The normalized spacial score (nSPS) is 12.8. The molecule has 0 saturated heterocycles. The summed E-state index contributed by atoms with van der Waals surface area (Å²) < 4.78 is 0. The number of hydrogen-bond acceptors (Lipinski definition) is 15. The van der Waals surface area contributed by atoms with Crippen LogP contribution < -0.4 is 9.80 Å². The van der Waals surface area contributed by atoms with Crippen molar-refractivity contribution in [1.82, 2.24) is 34.9 Å². The summed E-state index contributed by atoms with van der Waals surface area (Å²) in [5, 5.41) is 61.8. The van der Waals surface area contributed by atoms with Gasteiger partial charge in [-0.3, -0.25) is 4.79 Å². The number of anilines is 4. The van der Waals surface area contributed by atoms with Gasteiger partial charge in [-0.05, 0) is 237 Å². The zero-order valence-corrected chi connectivity index (χ0v) is 86.9. The van der Waals surface area contributed by atoms with Crippen molar-refractivity contribution in [2.75, 3.05) is 9.80 Å². The van der Waals surface area contributed by atoms with Crippen molar-refractivity contribution >= 4 is 62.8 Å². The number of aliphatic hydroxyl groups excluding tert-OH is 1. The number of ketones is 1. The van der Waals surface area contributed by atoms with Gasteiger partial charge in [0, 0.05) is 96.1 Å². The molecular formula is C119H100IrN11O6PdPt2-. The van der Waals surface area contributed by atoms with Gasteiger partial charge in [0.15, 0.2) is 5.78 Å². The number of allylic oxidation sites excluding steroid dienone is 2. The SMILES string of the molecule is C(=C1[N-]c2ccccc2N1c1ccccc1)c1cccc(-c2cccc(C=C3[N-]c4ccccc4N3c3ccccc3)n2)n1.CC(=O)C=C(C)O.CC(C)(C)c1cc(-c2cc(C(C)(C)C)cc(-c3ccccc3O)n2)nc(-c2ccccc2O)c1.CC1(C)c2ccccc2-c2c[c-]c(-c3nccc4ccccc34)cc21.Oc1ccccc1-c1cccc(-c2cccc(-c3ccccc3O)n2)n1.[Ir].[Pd].[Pt+2].[Pt]. The molecule has 0 amide bonds. The maximum absolute atomic E-state index is 10.5. The first-order valence-corrected chi connectivity index (χ1v) is 45.0. The van der Waals surface area contributed by atoms with Gasteiger partial charge in [0.2, 0.25) is 0 Å². The molecule has 1 radical (unpaired) electrons. The van der Waals surface area contributed by atoms with Crippen molar-refractivity contribution in [1.29, 1.82) is 0 Å². The van der Waals surface area contributed by atoms with Crippen molar-refractivity contribution in [3.8, 4) is 125 Å². The van der Waals surface area contributed by atoms with Crippen LogP contribution in [0.4, 0.5) is 34.1 Å². The first-order valence-electron chi connectivity index (χ1n) is 45.0. The van der Waals surface area contributed by atoms with Gasteiger partial charge in [-0.25, -0.2) is 29.9 Å². The van der Waals surface area contributed by atoms with Gasteiger partial charge < -0.3 is 51.0 Å². The Kier molecular flexibility index (Phi) is 33.4. The number of phenols is 4. The fraction of sp³-hybridized carbons (Fsp3) is 0.109. The van der Waals surface area contributed by atoms with Gasteiger partial charge in [-0.1, -0.05) is 309 Å². The number of hydrogen-bond donors (Lipinski definition) is 5. The Labute approximate surface area is 873 Å². The van der Waals surface area contributed by atoms with E-state index in [9.17, 15) is 25.2 Å². The third-order valence-corrected chi connectivity index (χ3v) is 23.5. The Morgan fingerprint density at radius 1 is 0.379 bits per heavy atom. The third-order valence-electron chi connectivity index (χ3n) is 23.5. The molecule has 3 aliphatic rings. The van der Waals surface area contributed by atoms with Crippen LogP contribution in [0, 0.1) is 6.07 Å². The van der Waals surface area contributed by atoms with Crippen molar-refractivity contribution in [3.63, 3.8) is 0 Å². The molecule has 707 valence electrons. The molecule has 21 rings (SSSR count). The molecule has 140 heavy (non-hydrogen) atoms. The monoisotopic (exact) mass is 2470 g/mol. The molecule has 9 heterocycles. The van der Waals surface area contributed by atoms with E-state index in [0.717, 1.165) is 102 Å². The quantitative estimate of drug-likeness (QED) is 0.0312. The van der Waals surface area contributed by atoms with Crippen LogP contribution in [-0.4, -0.2) is 66.2 Å². The van der Waals surface area contributed by atoms with Crippen LogP contribution in [0.2, 0.25) is 0 Å². The zero-order valence-electron chi connectivity index (χ0n) is 78.4. The van der Waals surface area contributed by atoms with E-state index in [0.29, 0.717) is 56.4 Å². The van der Waals surface area contributed by atoms with Crippen LogP contribution in [0.15, 0.2) is 400 Å². The first kappa shape index (κ1) is 103. The van der Waals surface area contributed by atoms with Gasteiger partial charge in [0.05, 0.1) is 74.1 Å². The summed E-state index contributed by atoms with van der Waals surface area (Å²) in [5.41, 5.74) is 27.0. The van der Waals surface area contributed by atoms with Crippen LogP contribution in [0.3, 0.4) is 0 Å². The molecule has 17 nitrogen and oxygen atoms in total. The van der Waals surface area contributed by atoms with Gasteiger partial charge in [-0.15, -0.1) is 29.3 Å². The number of aromatic hydroxyl groups is 4. The Balaban J connectivity index is 0.000000155. The van der Waals surface area contributed by atoms with E-state index in [1.165, 1.54) is 52.9 Å². The average molecular weight is 2470 g/mol. The van der Waals surface area contributed by atoms with Crippen molar-refractivity contribution < 1.29 is 113 Å². The van der Waals surface area contributed by atoms with Gasteiger partial charge in [0.25, 0.3) is 0 Å². The van der Waals surface area contributed by atoms with E-state index < -0.39 is 0 Å². The van der Waals surface area contributed by atoms with E-state index in [4.69, 9.17) is 35.7 Å². The molecule has 1 aliphatic carbocycles. The number of para-hydroxylation sites is 10. The van der Waals surface area contributed by atoms with Crippen LogP contribution in [0.5, 0.6) is 23.0 Å². The van der Waals surface area contributed by atoms with Crippen molar-refractivity contribution in [2.24, 2.45) is 0 Å². The first-order chi connectivity index (χ1) is 65.7. The van der Waals surface area contributed by atoms with E-state index >= 15 is 0 Å². The Morgan fingerprint density at radius 2 is 0.736 bits per heavy atom. The Bertz CT molecular complexity index is 7250. The topological polar surface area (TPSA) is 243 Å². The van der Waals surface area contributed by atoms with Crippen LogP contribution >= 0.6 is 0 Å². The summed E-state index contributed by atoms with van der Waals surface area (Å²) in [6.07, 6.45) is 7.10. The number of aromatic nitrogens is 7. The molecule has 0 unspecified atom stereocenters. The minimum absolute atomic E-state index is 0. The van der Waals surface area contributed by atoms with Crippen molar-refractivity contribution in [3.05, 3.63) is 450 Å².